The lowest BCUT2D eigenvalue weighted by Crippen LogP contribution is -2.54. The van der Waals surface area contributed by atoms with Gasteiger partial charge in [0.15, 0.2) is 5.96 Å². The van der Waals surface area contributed by atoms with Crippen molar-refractivity contribution in [3.8, 4) is 0 Å². The van der Waals surface area contributed by atoms with Crippen LogP contribution in [-0.2, 0) is 15.4 Å². The molecule has 0 atom stereocenters. The zero-order valence-corrected chi connectivity index (χ0v) is 20.6. The van der Waals surface area contributed by atoms with E-state index in [0.717, 1.165) is 6.54 Å². The normalized spacial score (nSPS) is 17.9. The Morgan fingerprint density at radius 3 is 2.44 bits per heavy atom. The van der Waals surface area contributed by atoms with Crippen LogP contribution >= 0.6 is 35.3 Å². The number of rotatable bonds is 7. The van der Waals surface area contributed by atoms with Crippen LogP contribution < -0.4 is 15.4 Å². The fraction of sp³-hybridized carbons (Fsp3) is 0.722. The zero-order chi connectivity index (χ0) is 19.3. The van der Waals surface area contributed by atoms with Gasteiger partial charge in [-0.05, 0) is 38.1 Å². The van der Waals surface area contributed by atoms with Crippen molar-refractivity contribution in [2.24, 2.45) is 4.99 Å². The van der Waals surface area contributed by atoms with Crippen LogP contribution in [0.25, 0.3) is 0 Å². The van der Waals surface area contributed by atoms with Crippen LogP contribution in [0.4, 0.5) is 0 Å². The lowest BCUT2D eigenvalue weighted by Gasteiger charge is -2.37. The van der Waals surface area contributed by atoms with Crippen molar-refractivity contribution in [3.63, 3.8) is 0 Å². The van der Waals surface area contributed by atoms with Gasteiger partial charge in [0.2, 0.25) is 10.0 Å². The number of nitrogens with one attached hydrogen (secondary N) is 3. The summed E-state index contributed by atoms with van der Waals surface area (Å²) in [6.07, 6.45) is 7.40. The molecular weight excluding hydrogens is 495 g/mol. The maximum absolute atomic E-state index is 11.5. The third-order valence-corrected chi connectivity index (χ3v) is 6.87. The SMILES string of the molecule is CN=C(NCC(C)(C)NS(C)(=O)=O)NCC1(c2cccs2)CCCCC1.I. The van der Waals surface area contributed by atoms with Crippen LogP contribution in [0.5, 0.6) is 0 Å². The van der Waals surface area contributed by atoms with E-state index in [-0.39, 0.29) is 29.4 Å². The fourth-order valence-electron chi connectivity index (χ4n) is 3.64. The fourth-order valence-corrected chi connectivity index (χ4v) is 5.70. The van der Waals surface area contributed by atoms with Gasteiger partial charge in [-0.25, -0.2) is 13.1 Å². The maximum atomic E-state index is 11.5. The van der Waals surface area contributed by atoms with Gasteiger partial charge in [0.1, 0.15) is 0 Å². The van der Waals surface area contributed by atoms with Crippen molar-refractivity contribution < 1.29 is 8.42 Å². The van der Waals surface area contributed by atoms with Crippen LogP contribution in [0.3, 0.4) is 0 Å². The van der Waals surface area contributed by atoms with Gasteiger partial charge < -0.3 is 10.6 Å². The van der Waals surface area contributed by atoms with E-state index in [9.17, 15) is 8.42 Å². The number of hydrogen-bond donors (Lipinski definition) is 3. The monoisotopic (exact) mass is 528 g/mol. The molecule has 2 rings (SSSR count). The van der Waals surface area contributed by atoms with E-state index >= 15 is 0 Å². The third-order valence-electron chi connectivity index (χ3n) is 4.83. The summed E-state index contributed by atoms with van der Waals surface area (Å²) in [5.41, 5.74) is -0.425. The highest BCUT2D eigenvalue weighted by Gasteiger charge is 2.35. The van der Waals surface area contributed by atoms with E-state index in [1.54, 1.807) is 7.05 Å². The molecule has 9 heteroatoms. The van der Waals surface area contributed by atoms with Crippen molar-refractivity contribution in [2.45, 2.75) is 56.9 Å². The molecule has 1 fully saturated rings. The quantitative estimate of drug-likeness (QED) is 0.289. The average Bonchev–Trinajstić information content (AvgIpc) is 3.09. The Labute approximate surface area is 185 Å². The molecule has 0 spiro atoms. The summed E-state index contributed by atoms with van der Waals surface area (Å²) in [5.74, 6) is 0.704. The largest absolute Gasteiger partial charge is 0.355 e. The summed E-state index contributed by atoms with van der Waals surface area (Å²) in [4.78, 5) is 5.75. The molecule has 0 aromatic carbocycles. The molecule has 0 aliphatic heterocycles. The summed E-state index contributed by atoms with van der Waals surface area (Å²) in [6, 6.07) is 4.37. The number of sulfonamides is 1. The van der Waals surface area contributed by atoms with Crippen molar-refractivity contribution >= 4 is 51.3 Å². The molecule has 0 saturated heterocycles. The summed E-state index contributed by atoms with van der Waals surface area (Å²) >= 11 is 1.83. The van der Waals surface area contributed by atoms with Gasteiger partial charge in [0.05, 0.1) is 6.26 Å². The van der Waals surface area contributed by atoms with Gasteiger partial charge in [-0.15, -0.1) is 35.3 Å². The predicted molar refractivity (Wildman–Crippen MR) is 126 cm³/mol. The second-order valence-electron chi connectivity index (χ2n) is 7.86. The second-order valence-corrected chi connectivity index (χ2v) is 10.6. The smallest absolute Gasteiger partial charge is 0.209 e. The Hall–Kier alpha value is -0.390. The van der Waals surface area contributed by atoms with Crippen molar-refractivity contribution in [1.29, 1.82) is 0 Å². The first kappa shape index (κ1) is 24.6. The topological polar surface area (TPSA) is 82.6 Å². The van der Waals surface area contributed by atoms with Gasteiger partial charge in [-0.2, -0.15) is 0 Å². The highest BCUT2D eigenvalue weighted by molar-refractivity contribution is 14.0. The number of thiophene rings is 1. The van der Waals surface area contributed by atoms with Crippen LogP contribution in [0.2, 0.25) is 0 Å². The van der Waals surface area contributed by atoms with Crippen LogP contribution in [0, 0.1) is 0 Å². The number of halogens is 1. The molecule has 0 amide bonds. The zero-order valence-electron chi connectivity index (χ0n) is 16.7. The number of nitrogens with zero attached hydrogens (tertiary/aromatic N) is 1. The van der Waals surface area contributed by atoms with E-state index in [0.29, 0.717) is 12.5 Å². The lowest BCUT2D eigenvalue weighted by molar-refractivity contribution is 0.296. The Balaban J connectivity index is 0.00000364. The molecule has 27 heavy (non-hydrogen) atoms. The summed E-state index contributed by atoms with van der Waals surface area (Å²) < 4.78 is 25.6. The first-order valence-electron chi connectivity index (χ1n) is 9.13. The minimum Gasteiger partial charge on any atom is -0.355 e. The highest BCUT2D eigenvalue weighted by atomic mass is 127. The Kier molecular flexibility index (Phi) is 9.50. The summed E-state index contributed by atoms with van der Waals surface area (Å²) in [5, 5.41) is 8.87. The van der Waals surface area contributed by atoms with E-state index in [2.05, 4.69) is 37.9 Å². The first-order valence-corrected chi connectivity index (χ1v) is 11.9. The van der Waals surface area contributed by atoms with Crippen LogP contribution in [0.15, 0.2) is 22.5 Å². The van der Waals surface area contributed by atoms with E-state index in [1.165, 1.54) is 43.2 Å². The number of hydrogen-bond acceptors (Lipinski definition) is 4. The number of guanidine groups is 1. The predicted octanol–water partition coefficient (Wildman–Crippen LogP) is 3.06. The molecule has 1 heterocycles. The molecule has 0 unspecified atom stereocenters. The number of aliphatic imine (C=N–C) groups is 1. The molecule has 1 saturated carbocycles. The van der Waals surface area contributed by atoms with E-state index < -0.39 is 15.6 Å². The van der Waals surface area contributed by atoms with Gasteiger partial charge in [0.25, 0.3) is 0 Å². The first-order chi connectivity index (χ1) is 12.2. The molecule has 0 bridgehead atoms. The molecule has 3 N–H and O–H groups in total. The Bertz CT molecular complexity index is 697. The molecule has 156 valence electrons. The molecule has 1 aliphatic rings. The average molecular weight is 529 g/mol. The maximum Gasteiger partial charge on any atom is 0.209 e. The van der Waals surface area contributed by atoms with Crippen LogP contribution in [-0.4, -0.2) is 46.3 Å². The van der Waals surface area contributed by atoms with Gasteiger partial charge in [-0.1, -0.05) is 25.3 Å². The third kappa shape index (κ3) is 7.86. The summed E-state index contributed by atoms with van der Waals surface area (Å²) in [6.45, 7) is 4.99. The molecule has 1 aliphatic carbocycles. The minimum atomic E-state index is -3.25. The molecule has 6 nitrogen and oxygen atoms in total. The van der Waals surface area contributed by atoms with Crippen molar-refractivity contribution in [3.05, 3.63) is 22.4 Å². The molecule has 1 aromatic heterocycles. The van der Waals surface area contributed by atoms with Gasteiger partial charge in [-0.3, -0.25) is 4.99 Å². The van der Waals surface area contributed by atoms with Crippen molar-refractivity contribution in [2.75, 3.05) is 26.4 Å². The Morgan fingerprint density at radius 2 is 1.93 bits per heavy atom. The Morgan fingerprint density at radius 1 is 1.26 bits per heavy atom. The standard InChI is InChI=1S/C18H32N4O2S2.HI/c1-17(2,22-26(4,23)24)13-20-16(19-3)21-14-18(10-6-5-7-11-18)15-9-8-12-25-15;/h8-9,12,22H,5-7,10-11,13-14H2,1-4H3,(H2,19,20,21);1H. The molecule has 0 radical (unpaired) electrons. The minimum absolute atomic E-state index is 0. The van der Waals surface area contributed by atoms with E-state index in [4.69, 9.17) is 0 Å². The second kappa shape index (κ2) is 10.4. The van der Waals surface area contributed by atoms with E-state index in [1.807, 2.05) is 25.2 Å². The van der Waals surface area contributed by atoms with Gasteiger partial charge in [0, 0.05) is 36.0 Å². The summed E-state index contributed by atoms with van der Waals surface area (Å²) in [7, 11) is -1.51. The molecular formula is C18H33IN4O2S2. The van der Waals surface area contributed by atoms with Gasteiger partial charge >= 0.3 is 0 Å². The lowest BCUT2D eigenvalue weighted by atomic mass is 9.73. The van der Waals surface area contributed by atoms with Crippen molar-refractivity contribution in [1.82, 2.24) is 15.4 Å². The van der Waals surface area contributed by atoms with Crippen LogP contribution in [0.1, 0.15) is 50.8 Å². The highest BCUT2D eigenvalue weighted by Crippen LogP contribution is 2.41. The molecule has 1 aromatic rings.